The summed E-state index contributed by atoms with van der Waals surface area (Å²) in [5, 5.41) is 2.83. The zero-order valence-electron chi connectivity index (χ0n) is 17.3. The molecule has 1 N–H and O–H groups in total. The molecule has 6 heteroatoms. The van der Waals surface area contributed by atoms with E-state index in [2.05, 4.69) is 5.32 Å². The third kappa shape index (κ3) is 4.50. The van der Waals surface area contributed by atoms with Crippen LogP contribution in [0.25, 0.3) is 0 Å². The van der Waals surface area contributed by atoms with Crippen LogP contribution in [-0.4, -0.2) is 23.7 Å². The number of anilines is 1. The number of pyridine rings is 1. The molecule has 0 fully saturated rings. The average molecular weight is 388 g/mol. The standard InChI is InChI=1S/C22H29FN2O3/c1-6-17-11-8-10-14(3)20(17)24-22(27)18-15(4)25(12-9-13-28-7-2)16(5)19(23)21(18)26/h8,10-11H,6-7,9,12-13H2,1-5H3,(H,24,27). The van der Waals surface area contributed by atoms with Gasteiger partial charge in [0.1, 0.15) is 5.56 Å². The van der Waals surface area contributed by atoms with Crippen LogP contribution in [0.5, 0.6) is 0 Å². The number of amides is 1. The van der Waals surface area contributed by atoms with Crippen LogP contribution < -0.4 is 10.7 Å². The lowest BCUT2D eigenvalue weighted by Gasteiger charge is -2.19. The molecule has 0 bridgehead atoms. The summed E-state index contributed by atoms with van der Waals surface area (Å²) in [6.45, 7) is 10.7. The van der Waals surface area contributed by atoms with E-state index in [4.69, 9.17) is 4.74 Å². The first kappa shape index (κ1) is 21.8. The van der Waals surface area contributed by atoms with E-state index in [0.717, 1.165) is 17.5 Å². The minimum atomic E-state index is -0.882. The molecule has 1 amide bonds. The van der Waals surface area contributed by atoms with E-state index in [1.807, 2.05) is 39.0 Å². The first-order valence-corrected chi connectivity index (χ1v) is 9.70. The lowest BCUT2D eigenvalue weighted by Crippen LogP contribution is -2.30. The SMILES string of the molecule is CCOCCCn1c(C)c(F)c(=O)c(C(=O)Nc2c(C)cccc2CC)c1C. The Hall–Kier alpha value is -2.47. The number of halogens is 1. The molecule has 0 aliphatic rings. The summed E-state index contributed by atoms with van der Waals surface area (Å²) in [6.07, 6.45) is 1.40. The number of benzene rings is 1. The molecule has 28 heavy (non-hydrogen) atoms. The fourth-order valence-corrected chi connectivity index (χ4v) is 3.39. The summed E-state index contributed by atoms with van der Waals surface area (Å²) in [7, 11) is 0. The van der Waals surface area contributed by atoms with E-state index in [1.165, 1.54) is 0 Å². The maximum absolute atomic E-state index is 14.6. The third-order valence-corrected chi connectivity index (χ3v) is 5.00. The maximum Gasteiger partial charge on any atom is 0.261 e. The van der Waals surface area contributed by atoms with Crippen molar-refractivity contribution >= 4 is 11.6 Å². The maximum atomic E-state index is 14.6. The van der Waals surface area contributed by atoms with Crippen molar-refractivity contribution in [1.82, 2.24) is 4.57 Å². The van der Waals surface area contributed by atoms with Crippen LogP contribution in [0.4, 0.5) is 10.1 Å². The molecule has 0 aliphatic heterocycles. The van der Waals surface area contributed by atoms with Crippen LogP contribution in [0, 0.1) is 26.6 Å². The van der Waals surface area contributed by atoms with Gasteiger partial charge in [0.2, 0.25) is 5.43 Å². The Balaban J connectivity index is 2.43. The highest BCUT2D eigenvalue weighted by Gasteiger charge is 2.23. The quantitative estimate of drug-likeness (QED) is 0.691. The second kappa shape index (κ2) is 9.64. The van der Waals surface area contributed by atoms with Gasteiger partial charge in [-0.2, -0.15) is 0 Å². The molecule has 2 rings (SSSR count). The van der Waals surface area contributed by atoms with Crippen molar-refractivity contribution in [3.8, 4) is 0 Å². The zero-order chi connectivity index (χ0) is 20.8. The molecule has 1 aromatic carbocycles. The minimum absolute atomic E-state index is 0.148. The Bertz CT molecular complexity index is 919. The molecule has 0 atom stereocenters. The summed E-state index contributed by atoms with van der Waals surface area (Å²) in [5.74, 6) is -1.46. The van der Waals surface area contributed by atoms with Gasteiger partial charge in [-0.1, -0.05) is 25.1 Å². The van der Waals surface area contributed by atoms with Crippen LogP contribution in [0.1, 0.15) is 53.1 Å². The Labute approximate surface area is 165 Å². The van der Waals surface area contributed by atoms with Crippen molar-refractivity contribution in [3.63, 3.8) is 0 Å². The van der Waals surface area contributed by atoms with Gasteiger partial charge in [-0.15, -0.1) is 0 Å². The highest BCUT2D eigenvalue weighted by molar-refractivity contribution is 6.05. The summed E-state index contributed by atoms with van der Waals surface area (Å²) >= 11 is 0. The molecule has 0 unspecified atom stereocenters. The highest BCUT2D eigenvalue weighted by atomic mass is 19.1. The topological polar surface area (TPSA) is 60.3 Å². The predicted molar refractivity (Wildman–Crippen MR) is 110 cm³/mol. The Morgan fingerprint density at radius 2 is 1.89 bits per heavy atom. The lowest BCUT2D eigenvalue weighted by molar-refractivity contribution is 0.102. The van der Waals surface area contributed by atoms with Crippen molar-refractivity contribution in [3.05, 3.63) is 62.3 Å². The van der Waals surface area contributed by atoms with Gasteiger partial charge < -0.3 is 14.6 Å². The molecule has 0 aliphatic carbocycles. The number of nitrogens with one attached hydrogen (secondary N) is 1. The molecule has 2 aromatic rings. The predicted octanol–water partition coefficient (Wildman–Crippen LogP) is 4.15. The number of ether oxygens (including phenoxy) is 1. The van der Waals surface area contributed by atoms with E-state index in [1.54, 1.807) is 18.4 Å². The number of nitrogens with zero attached hydrogens (tertiary/aromatic N) is 1. The van der Waals surface area contributed by atoms with E-state index < -0.39 is 17.2 Å². The van der Waals surface area contributed by atoms with Gasteiger partial charge in [0.25, 0.3) is 5.91 Å². The highest BCUT2D eigenvalue weighted by Crippen LogP contribution is 2.22. The van der Waals surface area contributed by atoms with Crippen LogP contribution in [0.15, 0.2) is 23.0 Å². The Morgan fingerprint density at radius 1 is 1.18 bits per heavy atom. The van der Waals surface area contributed by atoms with Gasteiger partial charge >= 0.3 is 0 Å². The van der Waals surface area contributed by atoms with E-state index in [-0.39, 0.29) is 11.3 Å². The average Bonchev–Trinajstić information content (AvgIpc) is 2.67. The fourth-order valence-electron chi connectivity index (χ4n) is 3.39. The number of hydrogen-bond donors (Lipinski definition) is 1. The van der Waals surface area contributed by atoms with Crippen molar-refractivity contribution in [2.24, 2.45) is 0 Å². The fraction of sp³-hybridized carbons (Fsp3) is 0.455. The van der Waals surface area contributed by atoms with Crippen LogP contribution >= 0.6 is 0 Å². The molecular formula is C22H29FN2O3. The van der Waals surface area contributed by atoms with Gasteiger partial charge in [0.05, 0.1) is 5.69 Å². The first-order valence-electron chi connectivity index (χ1n) is 9.70. The second-order valence-electron chi connectivity index (χ2n) is 6.81. The number of carbonyl (C=O) groups is 1. The summed E-state index contributed by atoms with van der Waals surface area (Å²) in [4.78, 5) is 25.5. The molecule has 0 saturated carbocycles. The third-order valence-electron chi connectivity index (χ3n) is 5.00. The molecule has 0 radical (unpaired) electrons. The molecule has 0 saturated heterocycles. The van der Waals surface area contributed by atoms with E-state index >= 15 is 0 Å². The van der Waals surface area contributed by atoms with Gasteiger partial charge in [0, 0.05) is 31.1 Å². The second-order valence-corrected chi connectivity index (χ2v) is 6.81. The lowest BCUT2D eigenvalue weighted by atomic mass is 10.0. The molecule has 1 aromatic heterocycles. The van der Waals surface area contributed by atoms with Crippen molar-refractivity contribution < 1.29 is 13.9 Å². The number of hydrogen-bond acceptors (Lipinski definition) is 3. The van der Waals surface area contributed by atoms with Gasteiger partial charge in [-0.25, -0.2) is 4.39 Å². The van der Waals surface area contributed by atoms with Gasteiger partial charge in [-0.05, 0) is 51.7 Å². The number of carbonyl (C=O) groups excluding carboxylic acids is 1. The molecule has 0 spiro atoms. The molecule has 1 heterocycles. The van der Waals surface area contributed by atoms with Crippen molar-refractivity contribution in [2.45, 2.75) is 54.0 Å². The molecular weight excluding hydrogens is 359 g/mol. The number of aryl methyl sites for hydroxylation is 2. The summed E-state index contributed by atoms with van der Waals surface area (Å²) < 4.78 is 21.6. The Kier molecular flexibility index (Phi) is 7.52. The normalized spacial score (nSPS) is 10.9. The van der Waals surface area contributed by atoms with Crippen LogP contribution in [-0.2, 0) is 17.7 Å². The summed E-state index contributed by atoms with van der Waals surface area (Å²) in [6, 6.07) is 5.74. The van der Waals surface area contributed by atoms with Crippen LogP contribution in [0.3, 0.4) is 0 Å². The molecule has 5 nitrogen and oxygen atoms in total. The smallest absolute Gasteiger partial charge is 0.261 e. The van der Waals surface area contributed by atoms with E-state index in [0.29, 0.717) is 37.6 Å². The van der Waals surface area contributed by atoms with Crippen molar-refractivity contribution in [2.75, 3.05) is 18.5 Å². The number of para-hydroxylation sites is 1. The van der Waals surface area contributed by atoms with E-state index in [9.17, 15) is 14.0 Å². The van der Waals surface area contributed by atoms with Gasteiger partial charge in [0.15, 0.2) is 5.82 Å². The number of rotatable bonds is 8. The Morgan fingerprint density at radius 3 is 2.54 bits per heavy atom. The minimum Gasteiger partial charge on any atom is -0.382 e. The first-order chi connectivity index (χ1) is 13.3. The monoisotopic (exact) mass is 388 g/mol. The molecule has 152 valence electrons. The number of aromatic nitrogens is 1. The van der Waals surface area contributed by atoms with Crippen LogP contribution in [0.2, 0.25) is 0 Å². The van der Waals surface area contributed by atoms with Crippen molar-refractivity contribution in [1.29, 1.82) is 0 Å². The summed E-state index contributed by atoms with van der Waals surface area (Å²) in [5.41, 5.74) is 2.23. The zero-order valence-corrected chi connectivity index (χ0v) is 17.3. The largest absolute Gasteiger partial charge is 0.382 e. The van der Waals surface area contributed by atoms with Gasteiger partial charge in [-0.3, -0.25) is 9.59 Å².